The topological polar surface area (TPSA) is 131 Å². The van der Waals surface area contributed by atoms with Crippen LogP contribution in [0.2, 0.25) is 0 Å². The maximum atomic E-state index is 11.4. The lowest BCUT2D eigenvalue weighted by Crippen LogP contribution is -2.35. The van der Waals surface area contributed by atoms with Crippen molar-refractivity contribution < 1.29 is 28.8 Å². The van der Waals surface area contributed by atoms with E-state index in [9.17, 15) is 9.90 Å². The molecule has 0 bridgehead atoms. The van der Waals surface area contributed by atoms with E-state index in [2.05, 4.69) is 26.4 Å². The Kier molecular flexibility index (Phi) is 5.77. The van der Waals surface area contributed by atoms with Crippen molar-refractivity contribution in [3.8, 4) is 34.4 Å². The smallest absolute Gasteiger partial charge is 0.347 e. The maximum absolute atomic E-state index is 11.4. The van der Waals surface area contributed by atoms with Crippen LogP contribution in [0, 0.1) is 19.3 Å². The van der Waals surface area contributed by atoms with Crippen LogP contribution in [0.1, 0.15) is 15.4 Å². The fourth-order valence-corrected chi connectivity index (χ4v) is 4.81. The molecule has 2 aliphatic heterocycles. The molecule has 0 unspecified atom stereocenters. The Labute approximate surface area is 192 Å². The first-order valence-corrected chi connectivity index (χ1v) is 10.9. The summed E-state index contributed by atoms with van der Waals surface area (Å²) < 4.78 is 25.1. The summed E-state index contributed by atoms with van der Waals surface area (Å²) in [7, 11) is 0. The van der Waals surface area contributed by atoms with Gasteiger partial charge < -0.3 is 24.1 Å². The number of carboxylic acid groups (broad SMARTS) is 1. The first kappa shape index (κ1) is 21.5. The predicted octanol–water partition coefficient (Wildman–Crippen LogP) is 1.36. The fraction of sp³-hybridized carbons (Fsp3) is 0.381. The highest BCUT2D eigenvalue weighted by molar-refractivity contribution is 7.17. The molecule has 3 aromatic rings. The van der Waals surface area contributed by atoms with E-state index in [1.807, 2.05) is 6.07 Å². The van der Waals surface area contributed by atoms with Crippen LogP contribution in [0.3, 0.4) is 0 Å². The molecule has 2 aromatic heterocycles. The summed E-state index contributed by atoms with van der Waals surface area (Å²) in [6, 6.07) is 5.39. The largest absolute Gasteiger partial charge is 0.483 e. The third-order valence-electron chi connectivity index (χ3n) is 5.41. The average Bonchev–Trinajstić information content (AvgIpc) is 3.59. The van der Waals surface area contributed by atoms with Gasteiger partial charge in [0.05, 0.1) is 18.9 Å². The Morgan fingerprint density at radius 3 is 2.82 bits per heavy atom. The quantitative estimate of drug-likeness (QED) is 0.506. The first-order valence-electron chi connectivity index (χ1n) is 10.1. The molecule has 0 amide bonds. The Morgan fingerprint density at radius 1 is 1.33 bits per heavy atom. The number of ether oxygens (including phenoxy) is 4. The number of hydrogen-bond acceptors (Lipinski definition) is 10. The number of thiazole rings is 1. The van der Waals surface area contributed by atoms with Gasteiger partial charge in [-0.3, -0.25) is 0 Å². The minimum Gasteiger partial charge on any atom is -0.483 e. The van der Waals surface area contributed by atoms with Gasteiger partial charge in [0.25, 0.3) is 0 Å². The number of aromatic nitrogens is 5. The number of terminal acetylenes is 1. The number of aromatic carboxylic acids is 1. The van der Waals surface area contributed by atoms with Crippen LogP contribution in [-0.4, -0.2) is 80.5 Å². The zero-order valence-electron chi connectivity index (χ0n) is 17.5. The van der Waals surface area contributed by atoms with E-state index in [0.717, 1.165) is 11.3 Å². The van der Waals surface area contributed by atoms with Crippen molar-refractivity contribution >= 4 is 17.3 Å². The molecule has 1 aromatic carbocycles. The molecule has 0 aliphatic carbocycles. The standard InChI is InChI=1S/C21H19N5O6S/c1-3-6-29-15-8-30-18-16(9-31-17(15)18)32-14-5-4-12(7-13(14)26-10-22-24-25-26)20-23-11(2)19(33-20)21(27)28/h1,4-5,7,10,15-18H,6,8-9H2,2H3,(H,27,28)/t15-,16-,17+,18+/m0/s1. The highest BCUT2D eigenvalue weighted by Gasteiger charge is 2.49. The van der Waals surface area contributed by atoms with Gasteiger partial charge in [0.2, 0.25) is 0 Å². The normalized spacial score (nSPS) is 23.9. The van der Waals surface area contributed by atoms with Crippen molar-refractivity contribution in [1.29, 1.82) is 0 Å². The molecule has 2 fully saturated rings. The minimum atomic E-state index is -1.01. The van der Waals surface area contributed by atoms with Gasteiger partial charge in [-0.25, -0.2) is 9.78 Å². The fourth-order valence-electron chi connectivity index (χ4n) is 3.91. The second-order valence-electron chi connectivity index (χ2n) is 7.48. The van der Waals surface area contributed by atoms with Crippen molar-refractivity contribution in [2.24, 2.45) is 0 Å². The molecule has 0 saturated carbocycles. The molecule has 2 aliphatic rings. The summed E-state index contributed by atoms with van der Waals surface area (Å²) in [6.07, 6.45) is 5.57. The SMILES string of the molecule is C#CCO[C@H]1CO[C@H]2[C@@H]1OC[C@@H]2Oc1ccc(-c2nc(C)c(C(=O)O)s2)cc1-n1cnnn1. The second-order valence-corrected chi connectivity index (χ2v) is 8.48. The van der Waals surface area contributed by atoms with Crippen LogP contribution >= 0.6 is 11.3 Å². The van der Waals surface area contributed by atoms with Crippen LogP contribution in [0.5, 0.6) is 5.75 Å². The van der Waals surface area contributed by atoms with Gasteiger partial charge in [0.15, 0.2) is 6.10 Å². The predicted molar refractivity (Wildman–Crippen MR) is 114 cm³/mol. The first-order chi connectivity index (χ1) is 16.0. The number of hydrogen-bond donors (Lipinski definition) is 1. The monoisotopic (exact) mass is 469 g/mol. The lowest BCUT2D eigenvalue weighted by molar-refractivity contribution is -0.0242. The molecule has 0 radical (unpaired) electrons. The molecular weight excluding hydrogens is 450 g/mol. The Bertz CT molecular complexity index is 1210. The lowest BCUT2D eigenvalue weighted by atomic mass is 10.1. The van der Waals surface area contributed by atoms with Crippen LogP contribution in [0.15, 0.2) is 24.5 Å². The zero-order valence-corrected chi connectivity index (χ0v) is 18.3. The van der Waals surface area contributed by atoms with Crippen LogP contribution in [0.4, 0.5) is 0 Å². The van der Waals surface area contributed by atoms with E-state index in [4.69, 9.17) is 25.4 Å². The number of carbonyl (C=O) groups is 1. The molecule has 170 valence electrons. The molecule has 33 heavy (non-hydrogen) atoms. The van der Waals surface area contributed by atoms with Gasteiger partial charge in [-0.1, -0.05) is 5.92 Å². The third-order valence-corrected chi connectivity index (χ3v) is 6.61. The van der Waals surface area contributed by atoms with Crippen molar-refractivity contribution in [1.82, 2.24) is 25.2 Å². The lowest BCUT2D eigenvalue weighted by Gasteiger charge is -2.20. The number of rotatable bonds is 7. The number of nitrogens with zero attached hydrogens (tertiary/aromatic N) is 5. The van der Waals surface area contributed by atoms with Gasteiger partial charge in [0, 0.05) is 5.56 Å². The number of fused-ring (bicyclic) bond motifs is 1. The molecule has 2 saturated heterocycles. The summed E-state index contributed by atoms with van der Waals surface area (Å²) in [5, 5.41) is 21.3. The summed E-state index contributed by atoms with van der Waals surface area (Å²) in [6.45, 7) is 2.57. The summed E-state index contributed by atoms with van der Waals surface area (Å²) in [5.41, 5.74) is 1.75. The molecule has 12 heteroatoms. The van der Waals surface area contributed by atoms with Crippen LogP contribution in [-0.2, 0) is 14.2 Å². The molecule has 11 nitrogen and oxygen atoms in total. The van der Waals surface area contributed by atoms with E-state index in [1.165, 1.54) is 11.0 Å². The summed E-state index contributed by atoms with van der Waals surface area (Å²) in [5.74, 6) is 1.97. The third kappa shape index (κ3) is 4.07. The highest BCUT2D eigenvalue weighted by Crippen LogP contribution is 2.36. The van der Waals surface area contributed by atoms with Crippen LogP contribution in [0.25, 0.3) is 16.3 Å². The minimum absolute atomic E-state index is 0.191. The van der Waals surface area contributed by atoms with Gasteiger partial charge in [-0.15, -0.1) is 22.9 Å². The van der Waals surface area contributed by atoms with E-state index in [1.54, 1.807) is 19.1 Å². The van der Waals surface area contributed by atoms with Crippen LogP contribution < -0.4 is 4.74 Å². The number of carboxylic acids is 1. The van der Waals surface area contributed by atoms with Crippen molar-refractivity contribution in [3.63, 3.8) is 0 Å². The molecule has 1 N–H and O–H groups in total. The summed E-state index contributed by atoms with van der Waals surface area (Å²) >= 11 is 1.10. The highest BCUT2D eigenvalue weighted by atomic mass is 32.1. The van der Waals surface area contributed by atoms with Gasteiger partial charge in [0.1, 0.15) is 52.6 Å². The Hall–Kier alpha value is -3.37. The van der Waals surface area contributed by atoms with Crippen molar-refractivity contribution in [3.05, 3.63) is 35.1 Å². The Morgan fingerprint density at radius 2 is 2.12 bits per heavy atom. The molecule has 5 rings (SSSR count). The maximum Gasteiger partial charge on any atom is 0.347 e. The summed E-state index contributed by atoms with van der Waals surface area (Å²) in [4.78, 5) is 16.0. The number of aryl methyl sites for hydroxylation is 1. The van der Waals surface area contributed by atoms with E-state index < -0.39 is 5.97 Å². The molecule has 4 heterocycles. The molecule has 0 spiro atoms. The van der Waals surface area contributed by atoms with E-state index >= 15 is 0 Å². The van der Waals surface area contributed by atoms with Crippen molar-refractivity contribution in [2.45, 2.75) is 31.3 Å². The molecular formula is C21H19N5O6S. The van der Waals surface area contributed by atoms with Gasteiger partial charge >= 0.3 is 5.97 Å². The average molecular weight is 469 g/mol. The zero-order chi connectivity index (χ0) is 22.9. The Balaban J connectivity index is 1.42. The van der Waals surface area contributed by atoms with Gasteiger partial charge in [-0.05, 0) is 35.5 Å². The van der Waals surface area contributed by atoms with Crippen molar-refractivity contribution in [2.75, 3.05) is 19.8 Å². The second kappa shape index (κ2) is 8.87. The van der Waals surface area contributed by atoms with Gasteiger partial charge in [-0.2, -0.15) is 4.68 Å². The number of benzene rings is 1. The molecule has 4 atom stereocenters. The van der Waals surface area contributed by atoms with E-state index in [-0.39, 0.29) is 35.9 Å². The van der Waals surface area contributed by atoms with E-state index in [0.29, 0.717) is 40.9 Å². The number of tetrazole rings is 1.